The molecule has 0 saturated carbocycles. The van der Waals surface area contributed by atoms with Gasteiger partial charge < -0.3 is 10.0 Å². The Morgan fingerprint density at radius 2 is 1.44 bits per heavy atom. The van der Waals surface area contributed by atoms with Gasteiger partial charge in [0.2, 0.25) is 0 Å². The molecule has 1 atom stereocenters. The van der Waals surface area contributed by atoms with E-state index in [1.165, 1.54) is 17.0 Å². The van der Waals surface area contributed by atoms with Crippen LogP contribution in [0.1, 0.15) is 11.1 Å². The number of hydrogen-bond acceptors (Lipinski definition) is 2. The molecular weight excluding hydrogens is 365 g/mol. The van der Waals surface area contributed by atoms with E-state index in [4.69, 9.17) is 11.6 Å². The Bertz CT molecular complexity index is 745. The van der Waals surface area contributed by atoms with Crippen LogP contribution < -0.4 is 4.90 Å². The minimum Gasteiger partial charge on any atom is -0.378 e. The van der Waals surface area contributed by atoms with Gasteiger partial charge in [0.15, 0.2) is 5.60 Å². The molecule has 2 nitrogen and oxygen atoms in total. The minimum atomic E-state index is -5.96. The second kappa shape index (κ2) is 6.46. The third kappa shape index (κ3) is 3.30. The van der Waals surface area contributed by atoms with E-state index in [9.17, 15) is 27.1 Å². The lowest BCUT2D eigenvalue weighted by Gasteiger charge is -2.38. The lowest BCUT2D eigenvalue weighted by Crippen LogP contribution is -2.55. The summed E-state index contributed by atoms with van der Waals surface area (Å²) in [5.41, 5.74) is -4.44. The Morgan fingerprint density at radius 3 is 1.92 bits per heavy atom. The fourth-order valence-electron chi connectivity index (χ4n) is 2.43. The molecule has 0 spiro atoms. The summed E-state index contributed by atoms with van der Waals surface area (Å²) in [4.78, 5) is 1.53. The van der Waals surface area contributed by atoms with Crippen molar-refractivity contribution in [1.29, 1.82) is 0 Å². The molecule has 1 unspecified atom stereocenters. The van der Waals surface area contributed by atoms with Crippen LogP contribution in [-0.4, -0.2) is 31.3 Å². The molecule has 1 N–H and O–H groups in total. The van der Waals surface area contributed by atoms with Gasteiger partial charge in [0.25, 0.3) is 0 Å². The highest BCUT2D eigenvalue weighted by atomic mass is 35.5. The molecule has 0 aliphatic rings. The van der Waals surface area contributed by atoms with Gasteiger partial charge in [-0.2, -0.15) is 22.0 Å². The number of aliphatic hydroxyl groups is 1. The minimum absolute atomic E-state index is 0.142. The topological polar surface area (TPSA) is 23.5 Å². The molecule has 2 aromatic rings. The van der Waals surface area contributed by atoms with Gasteiger partial charge in [-0.25, -0.2) is 0 Å². The van der Waals surface area contributed by atoms with Crippen LogP contribution in [0.3, 0.4) is 0 Å². The first-order valence-corrected chi connectivity index (χ1v) is 7.50. The van der Waals surface area contributed by atoms with E-state index in [-0.39, 0.29) is 5.02 Å². The summed E-state index contributed by atoms with van der Waals surface area (Å²) < 4.78 is 68.0. The number of benzene rings is 2. The lowest BCUT2D eigenvalue weighted by molar-refractivity contribution is -0.336. The van der Waals surface area contributed by atoms with Crippen molar-refractivity contribution in [3.8, 4) is 0 Å². The van der Waals surface area contributed by atoms with E-state index in [0.29, 0.717) is 5.69 Å². The molecule has 2 aromatic carbocycles. The van der Waals surface area contributed by atoms with E-state index in [1.807, 2.05) is 0 Å². The van der Waals surface area contributed by atoms with E-state index in [1.54, 1.807) is 14.1 Å². The van der Waals surface area contributed by atoms with Crippen LogP contribution in [0, 0.1) is 0 Å². The molecule has 0 aromatic heterocycles. The Hall–Kier alpha value is -1.86. The van der Waals surface area contributed by atoms with E-state index < -0.39 is 28.8 Å². The van der Waals surface area contributed by atoms with Gasteiger partial charge in [-0.3, -0.25) is 0 Å². The van der Waals surface area contributed by atoms with Crippen molar-refractivity contribution in [2.45, 2.75) is 17.7 Å². The third-order valence-electron chi connectivity index (χ3n) is 3.85. The monoisotopic (exact) mass is 379 g/mol. The van der Waals surface area contributed by atoms with Gasteiger partial charge in [-0.1, -0.05) is 35.9 Å². The summed E-state index contributed by atoms with van der Waals surface area (Å²) in [7, 11) is 3.20. The van der Waals surface area contributed by atoms with E-state index >= 15 is 0 Å². The molecular formula is C17H15ClF5NO. The van der Waals surface area contributed by atoms with Crippen LogP contribution in [0.2, 0.25) is 5.02 Å². The van der Waals surface area contributed by atoms with Crippen molar-refractivity contribution in [3.63, 3.8) is 0 Å². The molecule has 2 rings (SSSR count). The smallest absolute Gasteiger partial charge is 0.378 e. The summed E-state index contributed by atoms with van der Waals surface area (Å²) in [5, 5.41) is 10.8. The maximum Gasteiger partial charge on any atom is 0.457 e. The van der Waals surface area contributed by atoms with Gasteiger partial charge in [-0.15, -0.1) is 0 Å². The SMILES string of the molecule is CN(C)c1cccc(C(O)(c2ccc(Cl)cc2)C(F)(F)C(F)(F)F)c1. The van der Waals surface area contributed by atoms with Gasteiger partial charge in [-0.05, 0) is 35.4 Å². The van der Waals surface area contributed by atoms with E-state index in [0.717, 1.165) is 36.4 Å². The molecule has 0 bridgehead atoms. The predicted molar refractivity (Wildman–Crippen MR) is 86.2 cm³/mol. The zero-order chi connectivity index (χ0) is 19.0. The first kappa shape index (κ1) is 19.5. The number of nitrogens with zero attached hydrogens (tertiary/aromatic N) is 1. The molecule has 0 radical (unpaired) electrons. The first-order chi connectivity index (χ1) is 11.4. The van der Waals surface area contributed by atoms with Crippen molar-refractivity contribution >= 4 is 17.3 Å². The van der Waals surface area contributed by atoms with Crippen LogP contribution in [0.4, 0.5) is 27.6 Å². The van der Waals surface area contributed by atoms with Crippen LogP contribution in [0.5, 0.6) is 0 Å². The normalized spacial score (nSPS) is 14.9. The fraction of sp³-hybridized carbons (Fsp3) is 0.294. The molecule has 0 saturated heterocycles. The van der Waals surface area contributed by atoms with Crippen LogP contribution >= 0.6 is 11.6 Å². The Morgan fingerprint density at radius 1 is 0.880 bits per heavy atom. The number of hydrogen-bond donors (Lipinski definition) is 1. The summed E-state index contributed by atoms with van der Waals surface area (Å²) in [6.07, 6.45) is -5.96. The molecule has 0 aliphatic heterocycles. The molecule has 0 fully saturated rings. The summed E-state index contributed by atoms with van der Waals surface area (Å²) in [5.74, 6) is -5.43. The number of anilines is 1. The van der Waals surface area contributed by atoms with Crippen molar-refractivity contribution in [3.05, 3.63) is 64.7 Å². The fourth-order valence-corrected chi connectivity index (χ4v) is 2.56. The average Bonchev–Trinajstić information content (AvgIpc) is 2.53. The highest BCUT2D eigenvalue weighted by molar-refractivity contribution is 6.30. The number of halogens is 6. The zero-order valence-electron chi connectivity index (χ0n) is 13.3. The van der Waals surface area contributed by atoms with Gasteiger partial charge in [0.1, 0.15) is 0 Å². The standard InChI is InChI=1S/C17H15ClF5NO/c1-24(2)14-5-3-4-12(10-14)15(25,16(19,20)17(21,22)23)11-6-8-13(18)9-7-11/h3-10,25H,1-2H3. The predicted octanol–water partition coefficient (Wildman–Crippen LogP) is 4.84. The molecule has 0 aliphatic carbocycles. The van der Waals surface area contributed by atoms with Crippen molar-refractivity contribution < 1.29 is 27.1 Å². The maximum atomic E-state index is 14.4. The highest BCUT2D eigenvalue weighted by Gasteiger charge is 2.71. The zero-order valence-corrected chi connectivity index (χ0v) is 14.0. The van der Waals surface area contributed by atoms with Gasteiger partial charge in [0.05, 0.1) is 0 Å². The molecule has 25 heavy (non-hydrogen) atoms. The van der Waals surface area contributed by atoms with Crippen molar-refractivity contribution in [2.75, 3.05) is 19.0 Å². The van der Waals surface area contributed by atoms with E-state index in [2.05, 4.69) is 0 Å². The number of alkyl halides is 5. The molecule has 0 heterocycles. The van der Waals surface area contributed by atoms with Crippen molar-refractivity contribution in [1.82, 2.24) is 0 Å². The highest BCUT2D eigenvalue weighted by Crippen LogP contribution is 2.52. The second-order valence-corrected chi connectivity index (χ2v) is 6.17. The summed E-state index contributed by atoms with van der Waals surface area (Å²) >= 11 is 5.68. The van der Waals surface area contributed by atoms with Gasteiger partial charge >= 0.3 is 12.1 Å². The summed E-state index contributed by atoms with van der Waals surface area (Å²) in [6.45, 7) is 0. The van der Waals surface area contributed by atoms with Crippen LogP contribution in [-0.2, 0) is 5.60 Å². The third-order valence-corrected chi connectivity index (χ3v) is 4.10. The molecule has 8 heteroatoms. The average molecular weight is 380 g/mol. The largest absolute Gasteiger partial charge is 0.457 e. The lowest BCUT2D eigenvalue weighted by atomic mass is 9.80. The van der Waals surface area contributed by atoms with Gasteiger partial charge in [0, 0.05) is 24.8 Å². The van der Waals surface area contributed by atoms with Crippen LogP contribution in [0.25, 0.3) is 0 Å². The Labute approximate surface area is 146 Å². The Balaban J connectivity index is 2.77. The van der Waals surface area contributed by atoms with Crippen molar-refractivity contribution in [2.24, 2.45) is 0 Å². The second-order valence-electron chi connectivity index (χ2n) is 5.73. The number of rotatable bonds is 4. The maximum absolute atomic E-state index is 14.4. The molecule has 0 amide bonds. The first-order valence-electron chi connectivity index (χ1n) is 7.12. The quantitative estimate of drug-likeness (QED) is 0.768. The van der Waals surface area contributed by atoms with Crippen LogP contribution in [0.15, 0.2) is 48.5 Å². The summed E-state index contributed by atoms with van der Waals surface area (Å²) in [6, 6.07) is 9.13. The Kier molecular flexibility index (Phi) is 5.03. The molecule has 136 valence electrons.